The number of hydrogen-bond acceptors (Lipinski definition) is 1. The van der Waals surface area contributed by atoms with E-state index in [0.29, 0.717) is 0 Å². The van der Waals surface area contributed by atoms with Crippen LogP contribution >= 0.6 is 0 Å². The summed E-state index contributed by atoms with van der Waals surface area (Å²) < 4.78 is 42.8. The van der Waals surface area contributed by atoms with Gasteiger partial charge in [0, 0.05) is 0 Å². The Morgan fingerprint density at radius 3 is 2.09 bits per heavy atom. The quantitative estimate of drug-likeness (QED) is 0.662. The highest BCUT2D eigenvalue weighted by Crippen LogP contribution is 2.31. The second-order valence-corrected chi connectivity index (χ2v) is 5.14. The lowest BCUT2D eigenvalue weighted by atomic mass is 9.96. The van der Waals surface area contributed by atoms with Crippen molar-refractivity contribution in [2.24, 2.45) is 0 Å². The van der Waals surface area contributed by atoms with Crippen molar-refractivity contribution in [3.05, 3.63) is 65.4 Å². The molecule has 0 radical (unpaired) electrons. The maximum atomic E-state index is 12.6. The van der Waals surface area contributed by atoms with Crippen molar-refractivity contribution >= 4 is 5.57 Å². The maximum Gasteiger partial charge on any atom is 0.416 e. The minimum Gasteiger partial charge on any atom is -0.504 e. The lowest BCUT2D eigenvalue weighted by molar-refractivity contribution is -0.137. The molecule has 0 aliphatic carbocycles. The van der Waals surface area contributed by atoms with Gasteiger partial charge in [0.05, 0.1) is 18.9 Å². The van der Waals surface area contributed by atoms with E-state index < -0.39 is 11.7 Å². The molecule has 0 aromatic heterocycles. The van der Waals surface area contributed by atoms with Crippen LogP contribution in [-0.4, -0.2) is 7.11 Å². The van der Waals surface area contributed by atoms with Gasteiger partial charge < -0.3 is 4.74 Å². The number of benzene rings is 2. The zero-order chi connectivity index (χ0) is 16.3. The number of rotatable bonds is 3. The molecule has 4 heteroatoms. The summed E-state index contributed by atoms with van der Waals surface area (Å²) in [6.45, 7) is 3.92. The predicted octanol–water partition coefficient (Wildman–Crippen LogP) is 5.69. The Bertz CT molecular complexity index is 682. The van der Waals surface area contributed by atoms with Gasteiger partial charge in [-0.25, -0.2) is 0 Å². The monoisotopic (exact) mass is 306 g/mol. The molecule has 2 aromatic carbocycles. The van der Waals surface area contributed by atoms with Gasteiger partial charge in [0.25, 0.3) is 0 Å². The minimum atomic E-state index is -4.31. The molecule has 0 unspecified atom stereocenters. The molecule has 22 heavy (non-hydrogen) atoms. The van der Waals surface area contributed by atoms with Gasteiger partial charge in [-0.2, -0.15) is 13.2 Å². The summed E-state index contributed by atoms with van der Waals surface area (Å²) in [6.07, 6.45) is -2.64. The fourth-order valence-corrected chi connectivity index (χ4v) is 2.38. The largest absolute Gasteiger partial charge is 0.504 e. The van der Waals surface area contributed by atoms with E-state index in [1.807, 2.05) is 32.0 Å². The van der Waals surface area contributed by atoms with Crippen LogP contribution < -0.4 is 0 Å². The average molecular weight is 306 g/mol. The standard InChI is InChI=1S/C18H17F3O/c1-12-10-15(6-9-17(12)13(2)11-22-3)14-4-7-16(8-5-14)18(19,20)21/h4-11H,1-3H3. The number of hydrogen-bond donors (Lipinski definition) is 0. The van der Waals surface area contributed by atoms with Gasteiger partial charge in [-0.15, -0.1) is 0 Å². The fourth-order valence-electron chi connectivity index (χ4n) is 2.38. The van der Waals surface area contributed by atoms with E-state index in [1.165, 1.54) is 12.1 Å². The van der Waals surface area contributed by atoms with Gasteiger partial charge in [-0.1, -0.05) is 30.3 Å². The number of alkyl halides is 3. The number of halogens is 3. The summed E-state index contributed by atoms with van der Waals surface area (Å²) in [7, 11) is 1.59. The van der Waals surface area contributed by atoms with Crippen LogP contribution in [0.25, 0.3) is 16.7 Å². The van der Waals surface area contributed by atoms with Crippen molar-refractivity contribution in [1.29, 1.82) is 0 Å². The first kappa shape index (κ1) is 16.1. The first-order chi connectivity index (χ1) is 10.3. The second kappa shape index (κ2) is 6.26. The molecule has 2 aromatic rings. The third-order valence-corrected chi connectivity index (χ3v) is 3.49. The second-order valence-electron chi connectivity index (χ2n) is 5.14. The highest BCUT2D eigenvalue weighted by atomic mass is 19.4. The topological polar surface area (TPSA) is 9.23 Å². The third-order valence-electron chi connectivity index (χ3n) is 3.49. The summed E-state index contributed by atoms with van der Waals surface area (Å²) >= 11 is 0. The summed E-state index contributed by atoms with van der Waals surface area (Å²) in [6, 6.07) is 11.0. The van der Waals surface area contributed by atoms with Crippen LogP contribution in [0.5, 0.6) is 0 Å². The lowest BCUT2D eigenvalue weighted by Gasteiger charge is -2.11. The molecule has 0 spiro atoms. The molecule has 0 aliphatic heterocycles. The van der Waals surface area contributed by atoms with Crippen molar-refractivity contribution in [3.8, 4) is 11.1 Å². The van der Waals surface area contributed by atoms with Gasteiger partial charge in [-0.05, 0) is 53.8 Å². The average Bonchev–Trinajstić information content (AvgIpc) is 2.46. The smallest absolute Gasteiger partial charge is 0.416 e. The van der Waals surface area contributed by atoms with Crippen LogP contribution in [0.2, 0.25) is 0 Å². The highest BCUT2D eigenvalue weighted by Gasteiger charge is 2.29. The third kappa shape index (κ3) is 3.50. The molecular weight excluding hydrogens is 289 g/mol. The van der Waals surface area contributed by atoms with Crippen molar-refractivity contribution in [3.63, 3.8) is 0 Å². The zero-order valence-electron chi connectivity index (χ0n) is 12.7. The predicted molar refractivity (Wildman–Crippen MR) is 82.3 cm³/mol. The van der Waals surface area contributed by atoms with Crippen LogP contribution in [0.3, 0.4) is 0 Å². The van der Waals surface area contributed by atoms with Gasteiger partial charge in [0.15, 0.2) is 0 Å². The van der Waals surface area contributed by atoms with Crippen LogP contribution in [0.4, 0.5) is 13.2 Å². The normalized spacial score (nSPS) is 12.4. The number of methoxy groups -OCH3 is 1. The summed E-state index contributed by atoms with van der Waals surface area (Å²) in [5, 5.41) is 0. The minimum absolute atomic E-state index is 0.636. The number of ether oxygens (including phenoxy) is 1. The van der Waals surface area contributed by atoms with Gasteiger partial charge >= 0.3 is 6.18 Å². The molecular formula is C18H17F3O. The molecule has 0 saturated heterocycles. The first-order valence-corrected chi connectivity index (χ1v) is 6.81. The number of allylic oxidation sites excluding steroid dienone is 1. The summed E-state index contributed by atoms with van der Waals surface area (Å²) in [5.41, 5.74) is 4.11. The molecule has 0 N–H and O–H groups in total. The van der Waals surface area contributed by atoms with Crippen molar-refractivity contribution in [1.82, 2.24) is 0 Å². The Hall–Kier alpha value is -2.23. The van der Waals surface area contributed by atoms with Crippen LogP contribution in [0.1, 0.15) is 23.6 Å². The molecule has 0 amide bonds. The van der Waals surface area contributed by atoms with Crippen LogP contribution in [0.15, 0.2) is 48.7 Å². The Kier molecular flexibility index (Phi) is 4.59. The maximum absolute atomic E-state index is 12.6. The molecule has 1 nitrogen and oxygen atoms in total. The van der Waals surface area contributed by atoms with Crippen molar-refractivity contribution in [2.75, 3.05) is 7.11 Å². The Labute approximate surface area is 128 Å². The fraction of sp³-hybridized carbons (Fsp3) is 0.222. The molecule has 0 aliphatic rings. The van der Waals surface area contributed by atoms with E-state index in [9.17, 15) is 13.2 Å². The van der Waals surface area contributed by atoms with Crippen LogP contribution in [-0.2, 0) is 10.9 Å². The molecule has 0 fully saturated rings. The first-order valence-electron chi connectivity index (χ1n) is 6.81. The summed E-state index contributed by atoms with van der Waals surface area (Å²) in [4.78, 5) is 0. The van der Waals surface area contributed by atoms with Gasteiger partial charge in [0.1, 0.15) is 0 Å². The van der Waals surface area contributed by atoms with E-state index in [0.717, 1.165) is 40.0 Å². The molecule has 0 bridgehead atoms. The lowest BCUT2D eigenvalue weighted by Crippen LogP contribution is -2.04. The van der Waals surface area contributed by atoms with Gasteiger partial charge in [0.2, 0.25) is 0 Å². The Morgan fingerprint density at radius 1 is 1.00 bits per heavy atom. The van der Waals surface area contributed by atoms with Crippen LogP contribution in [0, 0.1) is 6.92 Å². The SMILES string of the molecule is COC=C(C)c1ccc(-c2ccc(C(F)(F)F)cc2)cc1C. The van der Waals surface area contributed by atoms with E-state index in [4.69, 9.17) is 4.74 Å². The Morgan fingerprint density at radius 2 is 1.59 bits per heavy atom. The van der Waals surface area contributed by atoms with Gasteiger partial charge in [-0.3, -0.25) is 0 Å². The van der Waals surface area contributed by atoms with E-state index in [-0.39, 0.29) is 0 Å². The zero-order valence-corrected chi connectivity index (χ0v) is 12.7. The Balaban J connectivity index is 2.34. The number of aryl methyl sites for hydroxylation is 1. The molecule has 116 valence electrons. The van der Waals surface area contributed by atoms with E-state index in [1.54, 1.807) is 13.4 Å². The molecule has 0 atom stereocenters. The van der Waals surface area contributed by atoms with E-state index in [2.05, 4.69) is 0 Å². The molecule has 2 rings (SSSR count). The molecule has 0 saturated carbocycles. The summed E-state index contributed by atoms with van der Waals surface area (Å²) in [5.74, 6) is 0. The van der Waals surface area contributed by atoms with E-state index >= 15 is 0 Å². The van der Waals surface area contributed by atoms with Crippen molar-refractivity contribution in [2.45, 2.75) is 20.0 Å². The highest BCUT2D eigenvalue weighted by molar-refractivity contribution is 5.72. The van der Waals surface area contributed by atoms with Crippen molar-refractivity contribution < 1.29 is 17.9 Å². The molecule has 0 heterocycles.